The fourth-order valence-corrected chi connectivity index (χ4v) is 3.86. The fraction of sp³-hybridized carbons (Fsp3) is 0.474. The van der Waals surface area contributed by atoms with Crippen molar-refractivity contribution in [2.75, 3.05) is 26.4 Å². The van der Waals surface area contributed by atoms with Gasteiger partial charge in [-0.2, -0.15) is 11.8 Å². The first-order valence-corrected chi connectivity index (χ1v) is 9.45. The first kappa shape index (κ1) is 16.6. The lowest BCUT2D eigenvalue weighted by molar-refractivity contribution is 0.286. The predicted octanol–water partition coefficient (Wildman–Crippen LogP) is 3.98. The third kappa shape index (κ3) is 4.87. The van der Waals surface area contributed by atoms with Gasteiger partial charge in [0.25, 0.3) is 0 Å². The molecule has 0 N–H and O–H groups in total. The van der Waals surface area contributed by atoms with Gasteiger partial charge in [-0.25, -0.2) is 0 Å². The summed E-state index contributed by atoms with van der Waals surface area (Å²) in [7, 11) is 4.13. The molecule has 1 aliphatic heterocycles. The van der Waals surface area contributed by atoms with Gasteiger partial charge in [-0.15, -0.1) is 0 Å². The van der Waals surface area contributed by atoms with Crippen LogP contribution < -0.4 is 0 Å². The van der Waals surface area contributed by atoms with Crippen molar-refractivity contribution in [1.29, 1.82) is 0 Å². The summed E-state index contributed by atoms with van der Waals surface area (Å²) in [5.41, 5.74) is 3.01. The summed E-state index contributed by atoms with van der Waals surface area (Å²) in [6.45, 7) is 4.30. The van der Waals surface area contributed by atoms with Crippen molar-refractivity contribution in [3.8, 4) is 0 Å². The molecule has 0 saturated heterocycles. The molecule has 2 aromatic rings. The summed E-state index contributed by atoms with van der Waals surface area (Å²) < 4.78 is 5.84. The van der Waals surface area contributed by atoms with Crippen LogP contribution in [0.25, 0.3) is 0 Å². The molecule has 0 fully saturated rings. The van der Waals surface area contributed by atoms with Gasteiger partial charge in [-0.1, -0.05) is 24.3 Å². The third-order valence-electron chi connectivity index (χ3n) is 4.10. The molecule has 0 amide bonds. The van der Waals surface area contributed by atoms with Crippen molar-refractivity contribution >= 4 is 11.8 Å². The molecule has 1 aliphatic rings. The number of nitrogens with zero attached hydrogens (tertiary/aromatic N) is 2. The molecule has 124 valence electrons. The Morgan fingerprint density at radius 2 is 1.74 bits per heavy atom. The van der Waals surface area contributed by atoms with Crippen LogP contribution >= 0.6 is 11.8 Å². The quantitative estimate of drug-likeness (QED) is 0.682. The zero-order valence-corrected chi connectivity index (χ0v) is 14.9. The Bertz CT molecular complexity index is 598. The standard InChI is InChI=1S/C19H26N2OS/c1-20(2)14-18-8-9-19(22-18)15-23-11-5-10-21-12-16-6-3-4-7-17(16)13-21/h3-4,6-9H,5,10-15H2,1-2H3. The minimum atomic E-state index is 0.875. The molecule has 3 rings (SSSR count). The second kappa shape index (κ2) is 8.04. The minimum Gasteiger partial charge on any atom is -0.464 e. The lowest BCUT2D eigenvalue weighted by atomic mass is 10.1. The summed E-state index contributed by atoms with van der Waals surface area (Å²) in [6, 6.07) is 13.0. The zero-order valence-electron chi connectivity index (χ0n) is 14.1. The van der Waals surface area contributed by atoms with Crippen LogP contribution in [-0.4, -0.2) is 36.2 Å². The van der Waals surface area contributed by atoms with E-state index in [-0.39, 0.29) is 0 Å². The normalized spacial score (nSPS) is 14.6. The molecule has 0 radical (unpaired) electrons. The van der Waals surface area contributed by atoms with Crippen LogP contribution in [0.3, 0.4) is 0 Å². The maximum Gasteiger partial charge on any atom is 0.118 e. The second-order valence-corrected chi connectivity index (χ2v) is 7.60. The summed E-state index contributed by atoms with van der Waals surface area (Å²) in [5.74, 6) is 4.32. The van der Waals surface area contributed by atoms with Gasteiger partial charge in [0.2, 0.25) is 0 Å². The van der Waals surface area contributed by atoms with E-state index in [0.717, 1.165) is 36.9 Å². The summed E-state index contributed by atoms with van der Waals surface area (Å²) >= 11 is 1.97. The maximum absolute atomic E-state index is 5.84. The molecule has 0 unspecified atom stereocenters. The molecule has 0 saturated carbocycles. The fourth-order valence-electron chi connectivity index (χ4n) is 3.02. The van der Waals surface area contributed by atoms with Crippen molar-refractivity contribution in [3.05, 3.63) is 59.0 Å². The second-order valence-electron chi connectivity index (χ2n) is 6.49. The van der Waals surface area contributed by atoms with Gasteiger partial charge >= 0.3 is 0 Å². The number of furan rings is 1. The summed E-state index contributed by atoms with van der Waals surface area (Å²) in [6.07, 6.45) is 1.24. The highest BCUT2D eigenvalue weighted by Crippen LogP contribution is 2.23. The van der Waals surface area contributed by atoms with E-state index < -0.39 is 0 Å². The van der Waals surface area contributed by atoms with E-state index in [2.05, 4.69) is 60.3 Å². The molecule has 0 aliphatic carbocycles. The molecule has 0 atom stereocenters. The van der Waals surface area contributed by atoms with Crippen LogP contribution in [0, 0.1) is 0 Å². The van der Waals surface area contributed by atoms with E-state index in [1.807, 2.05) is 11.8 Å². The average Bonchev–Trinajstić information content (AvgIpc) is 3.12. The van der Waals surface area contributed by atoms with Crippen molar-refractivity contribution in [1.82, 2.24) is 9.80 Å². The summed E-state index contributed by atoms with van der Waals surface area (Å²) in [4.78, 5) is 4.68. The maximum atomic E-state index is 5.84. The largest absolute Gasteiger partial charge is 0.464 e. The number of hydrogen-bond donors (Lipinski definition) is 0. The van der Waals surface area contributed by atoms with Crippen molar-refractivity contribution in [3.63, 3.8) is 0 Å². The molecule has 1 aromatic carbocycles. The van der Waals surface area contributed by atoms with Gasteiger partial charge in [0.05, 0.1) is 12.3 Å². The Labute approximate surface area is 143 Å². The third-order valence-corrected chi connectivity index (χ3v) is 5.17. The molecule has 1 aromatic heterocycles. The van der Waals surface area contributed by atoms with Gasteiger partial charge in [-0.3, -0.25) is 4.90 Å². The highest BCUT2D eigenvalue weighted by molar-refractivity contribution is 7.98. The molecule has 2 heterocycles. The van der Waals surface area contributed by atoms with Crippen molar-refractivity contribution < 1.29 is 4.42 Å². The molecular weight excluding hydrogens is 304 g/mol. The number of thioether (sulfide) groups is 1. The zero-order chi connectivity index (χ0) is 16.1. The SMILES string of the molecule is CN(C)Cc1ccc(CSCCCN2Cc3ccccc3C2)o1. The number of benzene rings is 1. The molecule has 4 heteroatoms. The van der Waals surface area contributed by atoms with E-state index in [0.29, 0.717) is 0 Å². The first-order valence-electron chi connectivity index (χ1n) is 8.30. The first-order chi connectivity index (χ1) is 11.2. The Morgan fingerprint density at radius 1 is 1.04 bits per heavy atom. The Hall–Kier alpha value is -1.23. The highest BCUT2D eigenvalue weighted by Gasteiger charge is 2.17. The Morgan fingerprint density at radius 3 is 2.43 bits per heavy atom. The van der Waals surface area contributed by atoms with E-state index in [1.165, 1.54) is 29.8 Å². The van der Waals surface area contributed by atoms with Crippen LogP contribution in [0.2, 0.25) is 0 Å². The van der Waals surface area contributed by atoms with E-state index >= 15 is 0 Å². The number of rotatable bonds is 8. The monoisotopic (exact) mass is 330 g/mol. The molecule has 23 heavy (non-hydrogen) atoms. The van der Waals surface area contributed by atoms with E-state index in [9.17, 15) is 0 Å². The lowest BCUT2D eigenvalue weighted by Gasteiger charge is -2.14. The number of hydrogen-bond acceptors (Lipinski definition) is 4. The van der Waals surface area contributed by atoms with Crippen LogP contribution in [-0.2, 0) is 25.4 Å². The van der Waals surface area contributed by atoms with Crippen LogP contribution in [0.1, 0.15) is 29.1 Å². The number of fused-ring (bicyclic) bond motifs is 1. The van der Waals surface area contributed by atoms with Gasteiger partial charge in [-0.05, 0) is 56.1 Å². The predicted molar refractivity (Wildman–Crippen MR) is 97.4 cm³/mol. The topological polar surface area (TPSA) is 19.6 Å². The molecule has 0 bridgehead atoms. The minimum absolute atomic E-state index is 0.875. The van der Waals surface area contributed by atoms with Crippen molar-refractivity contribution in [2.45, 2.75) is 31.8 Å². The Kier molecular flexibility index (Phi) is 5.81. The van der Waals surface area contributed by atoms with E-state index in [4.69, 9.17) is 4.42 Å². The Balaban J connectivity index is 1.31. The van der Waals surface area contributed by atoms with Gasteiger partial charge in [0, 0.05) is 13.1 Å². The van der Waals surface area contributed by atoms with Gasteiger partial charge < -0.3 is 9.32 Å². The lowest BCUT2D eigenvalue weighted by Crippen LogP contribution is -2.18. The van der Waals surface area contributed by atoms with Gasteiger partial charge in [0.15, 0.2) is 0 Å². The smallest absolute Gasteiger partial charge is 0.118 e. The molecular formula is C19H26N2OS. The van der Waals surface area contributed by atoms with Crippen LogP contribution in [0.4, 0.5) is 0 Å². The van der Waals surface area contributed by atoms with Gasteiger partial charge in [0.1, 0.15) is 11.5 Å². The molecule has 0 spiro atoms. The van der Waals surface area contributed by atoms with E-state index in [1.54, 1.807) is 0 Å². The van der Waals surface area contributed by atoms with Crippen molar-refractivity contribution in [2.24, 2.45) is 0 Å². The molecule has 3 nitrogen and oxygen atoms in total. The average molecular weight is 330 g/mol. The van der Waals surface area contributed by atoms with Crippen LogP contribution in [0.5, 0.6) is 0 Å². The summed E-state index contributed by atoms with van der Waals surface area (Å²) in [5, 5.41) is 0. The van der Waals surface area contributed by atoms with Crippen LogP contribution in [0.15, 0.2) is 40.8 Å². The highest BCUT2D eigenvalue weighted by atomic mass is 32.2.